The lowest BCUT2D eigenvalue weighted by molar-refractivity contribution is -0.186. The van der Waals surface area contributed by atoms with Crippen LogP contribution in [0.15, 0.2) is 65.7 Å². The van der Waals surface area contributed by atoms with Gasteiger partial charge in [0.05, 0.1) is 37.4 Å². The zero-order valence-corrected chi connectivity index (χ0v) is 45.6. The largest absolute Gasteiger partial charge is 0.481 e. The molecule has 3 heterocycles. The Bertz CT molecular complexity index is 2120. The normalized spacial score (nSPS) is 29.3. The van der Waals surface area contributed by atoms with Gasteiger partial charge in [0.1, 0.15) is 36.6 Å². The first-order chi connectivity index (χ1) is 35.9. The molecule has 0 amide bonds. The summed E-state index contributed by atoms with van der Waals surface area (Å²) in [6.45, 7) is 1.40. The first-order valence-corrected chi connectivity index (χ1v) is 29.7. The van der Waals surface area contributed by atoms with Crippen molar-refractivity contribution in [1.29, 1.82) is 0 Å². The standard InChI is InChI=1S/C52H85N3O18P2/c1-3-5-7-8-9-10-11-12-13-14-15-16-17-18-19-20-26-30-48(60)71-40-36-68-47(59)29-25-22-21-24-28-42-44(58)35-43(57)41(32-31-39(56)27-23-6-4-2)49(61)50(62)45(38-70-75(66,67)73-74(64,65)69-37-40)72-51(42)55-34-33-46(53)54-52(55)63/h9-10,12-13,21,24,31-34,39-42,44-45,49-51,56,58,61-62H,3-8,11,14-20,22-23,25-30,35-38H2,1-2H3,(H,64,65)(H,66,67)(H2,53,54,63)/b10-9-,13-12-,24-21-,32-31+/t39-,40+,41-,42-,44-,45+,49-,50+,51+/m0/s1. The number of aromatic nitrogens is 2. The number of rotatable bonds is 24. The van der Waals surface area contributed by atoms with Gasteiger partial charge in [-0.25, -0.2) is 13.9 Å². The first-order valence-electron chi connectivity index (χ1n) is 26.8. The van der Waals surface area contributed by atoms with Gasteiger partial charge in [-0.2, -0.15) is 9.29 Å². The molecule has 1 aromatic heterocycles. The summed E-state index contributed by atoms with van der Waals surface area (Å²) in [6.07, 6.45) is 19.2. The number of allylic oxidation sites excluding steroid dienone is 6. The number of ether oxygens (including phenoxy) is 3. The molecule has 3 rings (SSSR count). The van der Waals surface area contributed by atoms with E-state index in [-0.39, 0.29) is 37.9 Å². The Balaban J connectivity index is 1.76. The number of fused-ring (bicyclic) bond motifs is 3. The second-order valence-corrected chi connectivity index (χ2v) is 22.2. The molecule has 11 atom stereocenters. The predicted molar refractivity (Wildman–Crippen MR) is 280 cm³/mol. The Morgan fingerprint density at radius 2 is 1.49 bits per heavy atom. The summed E-state index contributed by atoms with van der Waals surface area (Å²) in [5.41, 5.74) is 4.75. The molecule has 1 saturated heterocycles. The molecule has 1 fully saturated rings. The number of Topliss-reactive ketones (excluding diaryl/α,β-unsaturated/α-hetero) is 1. The number of nitrogens with zero attached hydrogens (tertiary/aromatic N) is 2. The lowest BCUT2D eigenvalue weighted by Gasteiger charge is -2.39. The highest BCUT2D eigenvalue weighted by molar-refractivity contribution is 7.61. The van der Waals surface area contributed by atoms with Gasteiger partial charge in [0.15, 0.2) is 6.10 Å². The second kappa shape index (κ2) is 36.4. The quantitative estimate of drug-likeness (QED) is 0.0224. The first kappa shape index (κ1) is 65.6. The zero-order chi connectivity index (χ0) is 55.1. The highest BCUT2D eigenvalue weighted by Gasteiger charge is 2.45. The molecule has 2 aliphatic heterocycles. The van der Waals surface area contributed by atoms with E-state index in [0.717, 1.165) is 81.4 Å². The number of phosphoric ester groups is 2. The molecule has 0 radical (unpaired) electrons. The van der Waals surface area contributed by atoms with Gasteiger partial charge in [-0.15, -0.1) is 0 Å². The highest BCUT2D eigenvalue weighted by Crippen LogP contribution is 2.60. The summed E-state index contributed by atoms with van der Waals surface area (Å²) in [5.74, 6) is -5.25. The van der Waals surface area contributed by atoms with Gasteiger partial charge >= 0.3 is 33.3 Å². The molecule has 426 valence electrons. The number of phosphoric acid groups is 2. The van der Waals surface area contributed by atoms with Crippen molar-refractivity contribution in [1.82, 2.24) is 9.55 Å². The Labute approximate surface area is 441 Å². The van der Waals surface area contributed by atoms with Crippen molar-refractivity contribution in [2.45, 2.75) is 204 Å². The van der Waals surface area contributed by atoms with Crippen LogP contribution in [0.3, 0.4) is 0 Å². The summed E-state index contributed by atoms with van der Waals surface area (Å²) in [7, 11) is -11.3. The maximum absolute atomic E-state index is 14.0. The fourth-order valence-corrected chi connectivity index (χ4v) is 10.6. The number of carbonyl (C=O) groups excluding carboxylic acids is 3. The molecule has 21 nitrogen and oxygen atoms in total. The van der Waals surface area contributed by atoms with Crippen molar-refractivity contribution in [2.24, 2.45) is 11.8 Å². The van der Waals surface area contributed by atoms with Crippen LogP contribution in [-0.2, 0) is 51.1 Å². The molecule has 2 bridgehead atoms. The molecule has 8 N–H and O–H groups in total. The molecule has 2 aliphatic rings. The summed E-state index contributed by atoms with van der Waals surface area (Å²) < 4.78 is 59.0. The highest BCUT2D eigenvalue weighted by atomic mass is 31.3. The number of aliphatic hydroxyl groups is 4. The summed E-state index contributed by atoms with van der Waals surface area (Å²) >= 11 is 0. The van der Waals surface area contributed by atoms with E-state index in [0.29, 0.717) is 19.3 Å². The van der Waals surface area contributed by atoms with Gasteiger partial charge in [-0.1, -0.05) is 127 Å². The minimum atomic E-state index is -5.73. The average Bonchev–Trinajstić information content (AvgIpc) is 3.35. The molecule has 0 spiro atoms. The third-order valence-electron chi connectivity index (χ3n) is 12.7. The number of nitrogen functional groups attached to an aromatic ring is 1. The van der Waals surface area contributed by atoms with Crippen LogP contribution in [-0.4, -0.2) is 114 Å². The summed E-state index contributed by atoms with van der Waals surface area (Å²) in [5, 5.41) is 45.7. The third kappa shape index (κ3) is 27.0. The molecule has 23 heteroatoms. The molecule has 0 saturated carbocycles. The second-order valence-electron chi connectivity index (χ2n) is 19.2. The van der Waals surface area contributed by atoms with Gasteiger partial charge in [-0.05, 0) is 70.3 Å². The number of hydrogen-bond acceptors (Lipinski definition) is 18. The molecule has 75 heavy (non-hydrogen) atoms. The molecule has 1 aromatic rings. The van der Waals surface area contributed by atoms with Crippen LogP contribution in [0.5, 0.6) is 0 Å². The fraction of sp³-hybridized carbons (Fsp3) is 0.712. The SMILES string of the molecule is CCCCC/C=C\C/C=C\CCCCCCCCCC(=O)O[C@@H]1COC(=O)CCC/C=C\C[C@@H]2[C@H](n3ccc(N)nc3=O)O[C@H](COP(=O)(O)OP(=O)(O)OC1)[C@@H](O)[C@@H](O)[C@@H](/C=C/[C@@H](O)CCCCC)C(=O)C[C@@H]2O. The number of ketones is 1. The van der Waals surface area contributed by atoms with Gasteiger partial charge in [-0.3, -0.25) is 28.0 Å². The van der Waals surface area contributed by atoms with E-state index in [1.807, 2.05) is 6.92 Å². The molecular weight excluding hydrogens is 1020 g/mol. The van der Waals surface area contributed by atoms with Crippen molar-refractivity contribution in [3.8, 4) is 0 Å². The number of anilines is 1. The van der Waals surface area contributed by atoms with Gasteiger partial charge < -0.3 is 50.2 Å². The van der Waals surface area contributed by atoms with Gasteiger partial charge in [0, 0.05) is 31.4 Å². The molecular formula is C52H85N3O18P2. The third-order valence-corrected chi connectivity index (χ3v) is 15.3. The zero-order valence-electron chi connectivity index (χ0n) is 43.8. The van der Waals surface area contributed by atoms with Crippen LogP contribution in [0.25, 0.3) is 0 Å². The number of aliphatic hydroxyl groups excluding tert-OH is 4. The molecule has 2 unspecified atom stereocenters. The van der Waals surface area contributed by atoms with Crippen LogP contribution in [0, 0.1) is 11.8 Å². The van der Waals surface area contributed by atoms with Gasteiger partial charge in [0.2, 0.25) is 0 Å². The number of hydrogen-bond donors (Lipinski definition) is 7. The van der Waals surface area contributed by atoms with Crippen molar-refractivity contribution < 1.29 is 81.3 Å². The van der Waals surface area contributed by atoms with Crippen molar-refractivity contribution in [3.05, 3.63) is 71.4 Å². The van der Waals surface area contributed by atoms with E-state index in [9.17, 15) is 58.5 Å². The predicted octanol–water partition coefficient (Wildman–Crippen LogP) is 7.92. The number of esters is 2. The van der Waals surface area contributed by atoms with Crippen LogP contribution in [0.2, 0.25) is 0 Å². The van der Waals surface area contributed by atoms with Gasteiger partial charge in [0.25, 0.3) is 0 Å². The lowest BCUT2D eigenvalue weighted by atomic mass is 9.83. The van der Waals surface area contributed by atoms with E-state index in [1.165, 1.54) is 37.5 Å². The number of carbonyl (C=O) groups is 3. The lowest BCUT2D eigenvalue weighted by Crippen LogP contribution is -2.51. The smallest absolute Gasteiger partial charge is 0.462 e. The van der Waals surface area contributed by atoms with E-state index in [4.69, 9.17) is 29.0 Å². The van der Waals surface area contributed by atoms with Crippen LogP contribution >= 0.6 is 15.6 Å². The van der Waals surface area contributed by atoms with Crippen LogP contribution in [0.4, 0.5) is 5.82 Å². The Kier molecular flexibility index (Phi) is 31.8. The van der Waals surface area contributed by atoms with E-state index < -0.39 is 120 Å². The summed E-state index contributed by atoms with van der Waals surface area (Å²) in [4.78, 5) is 78.2. The minimum Gasteiger partial charge on any atom is -0.462 e. The Morgan fingerprint density at radius 1 is 0.853 bits per heavy atom. The van der Waals surface area contributed by atoms with E-state index in [1.54, 1.807) is 12.2 Å². The van der Waals surface area contributed by atoms with Crippen molar-refractivity contribution in [3.63, 3.8) is 0 Å². The van der Waals surface area contributed by atoms with Crippen molar-refractivity contribution in [2.75, 3.05) is 25.6 Å². The fourth-order valence-electron chi connectivity index (χ4n) is 8.45. The maximum Gasteiger partial charge on any atom is 0.481 e. The Morgan fingerprint density at radius 3 is 2.17 bits per heavy atom. The molecule has 0 aliphatic carbocycles. The maximum atomic E-state index is 14.0. The topological polar surface area (TPSA) is 323 Å². The monoisotopic (exact) mass is 1100 g/mol. The number of unbranched alkanes of at least 4 members (excludes halogenated alkanes) is 12. The average molecular weight is 1100 g/mol. The van der Waals surface area contributed by atoms with E-state index in [2.05, 4.69) is 40.5 Å². The Hall–Kier alpha value is -3.69. The summed E-state index contributed by atoms with van der Waals surface area (Å²) in [6, 6.07) is 1.23. The number of nitrogens with two attached hydrogens (primary N) is 1. The molecule has 0 aromatic carbocycles. The van der Waals surface area contributed by atoms with Crippen LogP contribution < -0.4 is 11.4 Å². The van der Waals surface area contributed by atoms with E-state index >= 15 is 0 Å². The minimum absolute atomic E-state index is 0.0141. The van der Waals surface area contributed by atoms with Crippen molar-refractivity contribution >= 4 is 39.2 Å². The number of cyclic esters (lactones) is 1. The van der Waals surface area contributed by atoms with Crippen LogP contribution in [0.1, 0.15) is 168 Å².